The van der Waals surface area contributed by atoms with Crippen LogP contribution in [0, 0.1) is 12.0 Å². The van der Waals surface area contributed by atoms with E-state index in [1.807, 2.05) is 0 Å². The van der Waals surface area contributed by atoms with Gasteiger partial charge in [0.15, 0.2) is 5.78 Å². The van der Waals surface area contributed by atoms with Crippen LogP contribution in [0.2, 0.25) is 0 Å². The molecule has 0 atom stereocenters. The van der Waals surface area contributed by atoms with Gasteiger partial charge < -0.3 is 14.2 Å². The number of benzene rings is 1. The molecular weight excluding hydrogens is 284 g/mol. The van der Waals surface area contributed by atoms with E-state index in [1.165, 1.54) is 6.92 Å². The van der Waals surface area contributed by atoms with Gasteiger partial charge in [-0.1, -0.05) is 6.58 Å². The van der Waals surface area contributed by atoms with Crippen LogP contribution in [-0.2, 0) is 14.3 Å². The summed E-state index contributed by atoms with van der Waals surface area (Å²) in [4.78, 5) is 21.9. The van der Waals surface area contributed by atoms with E-state index >= 15 is 0 Å². The Kier molecular flexibility index (Phi) is 8.09. The van der Waals surface area contributed by atoms with Crippen molar-refractivity contribution in [1.29, 1.82) is 0 Å². The van der Waals surface area contributed by atoms with E-state index < -0.39 is 0 Å². The zero-order valence-corrected chi connectivity index (χ0v) is 12.5. The minimum atomic E-state index is -0.384. The fourth-order valence-electron chi connectivity index (χ4n) is 1.40. The third kappa shape index (κ3) is 7.27. The van der Waals surface area contributed by atoms with Gasteiger partial charge in [-0.05, 0) is 37.3 Å². The number of ketones is 2. The van der Waals surface area contributed by atoms with Crippen LogP contribution < -0.4 is 4.74 Å². The maximum absolute atomic E-state index is 11.1. The van der Waals surface area contributed by atoms with Crippen LogP contribution in [0.3, 0.4) is 0 Å². The Bertz CT molecular complexity index is 563. The van der Waals surface area contributed by atoms with Crippen molar-refractivity contribution in [1.82, 2.24) is 0 Å². The van der Waals surface area contributed by atoms with Crippen LogP contribution in [0.1, 0.15) is 17.3 Å². The smallest absolute Gasteiger partial charge is 0.231 e. The van der Waals surface area contributed by atoms with Gasteiger partial charge in [-0.2, -0.15) is 0 Å². The molecular formula is C17H18O5. The molecule has 5 nitrogen and oxygen atoms in total. The van der Waals surface area contributed by atoms with Gasteiger partial charge in [0.25, 0.3) is 0 Å². The number of ether oxygens (including phenoxy) is 3. The predicted molar refractivity (Wildman–Crippen MR) is 81.7 cm³/mol. The molecule has 5 heteroatoms. The van der Waals surface area contributed by atoms with Gasteiger partial charge >= 0.3 is 0 Å². The number of carbonyl (C=O) groups excluding carboxylic acids is 2. The van der Waals surface area contributed by atoms with Crippen LogP contribution in [0.5, 0.6) is 5.75 Å². The molecule has 1 rings (SSSR count). The van der Waals surface area contributed by atoms with E-state index in [4.69, 9.17) is 14.2 Å². The Morgan fingerprint density at radius 1 is 1.14 bits per heavy atom. The molecule has 0 fully saturated rings. The van der Waals surface area contributed by atoms with Crippen molar-refractivity contribution in [3.63, 3.8) is 0 Å². The standard InChI is InChI=1S/C17H18O5/c1-3-16(19)8-9-20-10-11-21-12-13-22-17-6-4-15(5-7-17)14(2)18/h3-7H,1,10-13H2,2H3. The number of hydrogen-bond donors (Lipinski definition) is 0. The molecule has 0 saturated heterocycles. The molecule has 0 unspecified atom stereocenters. The van der Waals surface area contributed by atoms with Crippen molar-refractivity contribution in [3.8, 4) is 17.8 Å². The normalized spacial score (nSPS) is 9.32. The second kappa shape index (κ2) is 10.2. The fraction of sp³-hybridized carbons (Fsp3) is 0.294. The van der Waals surface area contributed by atoms with Gasteiger partial charge in [-0.3, -0.25) is 9.59 Å². The minimum Gasteiger partial charge on any atom is -0.491 e. The lowest BCUT2D eigenvalue weighted by atomic mass is 10.1. The molecule has 1 aromatic rings. The molecule has 22 heavy (non-hydrogen) atoms. The Labute approximate surface area is 129 Å². The second-order valence-electron chi connectivity index (χ2n) is 4.19. The minimum absolute atomic E-state index is 0.0211. The lowest BCUT2D eigenvalue weighted by Gasteiger charge is -2.07. The maximum atomic E-state index is 11.1. The van der Waals surface area contributed by atoms with Crippen LogP contribution in [0.15, 0.2) is 36.9 Å². The van der Waals surface area contributed by atoms with E-state index in [-0.39, 0.29) is 18.2 Å². The number of allylic oxidation sites excluding steroid dienone is 1. The van der Waals surface area contributed by atoms with Gasteiger partial charge in [0.2, 0.25) is 5.78 Å². The number of carbonyl (C=O) groups is 2. The van der Waals surface area contributed by atoms with E-state index in [2.05, 4.69) is 18.6 Å². The van der Waals surface area contributed by atoms with Crippen LogP contribution in [0.25, 0.3) is 0 Å². The molecule has 0 radical (unpaired) electrons. The quantitative estimate of drug-likeness (QED) is 0.302. The highest BCUT2D eigenvalue weighted by Gasteiger charge is 1.99. The molecule has 0 aliphatic rings. The van der Waals surface area contributed by atoms with Gasteiger partial charge in [0.05, 0.1) is 13.2 Å². The first-order valence-corrected chi connectivity index (χ1v) is 6.74. The van der Waals surface area contributed by atoms with Crippen LogP contribution in [0.4, 0.5) is 0 Å². The van der Waals surface area contributed by atoms with Crippen molar-refractivity contribution in [2.75, 3.05) is 26.4 Å². The summed E-state index contributed by atoms with van der Waals surface area (Å²) < 4.78 is 15.6. The lowest BCUT2D eigenvalue weighted by molar-refractivity contribution is -0.109. The molecule has 0 aliphatic carbocycles. The van der Waals surface area contributed by atoms with Crippen LogP contribution in [-0.4, -0.2) is 38.0 Å². The Hall–Kier alpha value is -2.58. The molecule has 0 bridgehead atoms. The SMILES string of the molecule is C=CC(=O)C#COCCOCCOc1ccc(C(C)=O)cc1. The van der Waals surface area contributed by atoms with Crippen molar-refractivity contribution in [2.24, 2.45) is 0 Å². The van der Waals surface area contributed by atoms with Crippen molar-refractivity contribution >= 4 is 11.6 Å². The largest absolute Gasteiger partial charge is 0.491 e. The highest BCUT2D eigenvalue weighted by atomic mass is 16.5. The summed E-state index contributed by atoms with van der Waals surface area (Å²) in [6.45, 7) is 6.21. The Morgan fingerprint density at radius 2 is 1.82 bits per heavy atom. The third-order valence-corrected chi connectivity index (χ3v) is 2.52. The molecule has 0 spiro atoms. The topological polar surface area (TPSA) is 61.8 Å². The van der Waals surface area contributed by atoms with Gasteiger partial charge in [-0.15, -0.1) is 0 Å². The number of rotatable bonds is 9. The average Bonchev–Trinajstić information content (AvgIpc) is 2.53. The third-order valence-electron chi connectivity index (χ3n) is 2.52. The molecule has 0 aromatic heterocycles. The van der Waals surface area contributed by atoms with Crippen molar-refractivity contribution < 1.29 is 23.8 Å². The second-order valence-corrected chi connectivity index (χ2v) is 4.19. The van der Waals surface area contributed by atoms with E-state index in [1.54, 1.807) is 24.3 Å². The van der Waals surface area contributed by atoms with E-state index in [0.29, 0.717) is 31.1 Å². The summed E-state index contributed by atoms with van der Waals surface area (Å²) in [6, 6.07) is 6.92. The van der Waals surface area contributed by atoms with E-state index in [9.17, 15) is 9.59 Å². The monoisotopic (exact) mass is 302 g/mol. The van der Waals surface area contributed by atoms with Gasteiger partial charge in [-0.25, -0.2) is 0 Å². The summed E-state index contributed by atoms with van der Waals surface area (Å²) in [5.74, 6) is 2.55. The molecule has 0 heterocycles. The first kappa shape index (κ1) is 17.5. The van der Waals surface area contributed by atoms with Gasteiger partial charge in [0, 0.05) is 11.5 Å². The maximum Gasteiger partial charge on any atom is 0.231 e. The fourth-order valence-corrected chi connectivity index (χ4v) is 1.40. The zero-order chi connectivity index (χ0) is 16.2. The van der Waals surface area contributed by atoms with Crippen LogP contribution >= 0.6 is 0 Å². The summed E-state index contributed by atoms with van der Waals surface area (Å²) in [5, 5.41) is 0. The Balaban J connectivity index is 2.08. The zero-order valence-electron chi connectivity index (χ0n) is 12.5. The highest BCUT2D eigenvalue weighted by molar-refractivity contribution is 6.03. The number of hydrogen-bond acceptors (Lipinski definition) is 5. The molecule has 0 N–H and O–H groups in total. The molecule has 0 aliphatic heterocycles. The lowest BCUT2D eigenvalue weighted by Crippen LogP contribution is -2.10. The van der Waals surface area contributed by atoms with Crippen molar-refractivity contribution in [3.05, 3.63) is 42.5 Å². The molecule has 0 saturated carbocycles. The van der Waals surface area contributed by atoms with Gasteiger partial charge in [0.1, 0.15) is 25.1 Å². The highest BCUT2D eigenvalue weighted by Crippen LogP contribution is 2.12. The summed E-state index contributed by atoms with van der Waals surface area (Å²) in [7, 11) is 0. The summed E-state index contributed by atoms with van der Waals surface area (Å²) >= 11 is 0. The Morgan fingerprint density at radius 3 is 2.45 bits per heavy atom. The average molecular weight is 302 g/mol. The van der Waals surface area contributed by atoms with Crippen molar-refractivity contribution in [2.45, 2.75) is 6.92 Å². The predicted octanol–water partition coefficient (Wildman–Crippen LogP) is 2.02. The first-order valence-electron chi connectivity index (χ1n) is 6.74. The molecule has 0 amide bonds. The summed E-state index contributed by atoms with van der Waals surface area (Å²) in [6.07, 6.45) is 3.38. The number of Topliss-reactive ketones (excluding diaryl/α,β-unsaturated/α-hetero) is 1. The van der Waals surface area contributed by atoms with E-state index in [0.717, 1.165) is 6.08 Å². The first-order chi connectivity index (χ1) is 10.6. The summed E-state index contributed by atoms with van der Waals surface area (Å²) in [5.41, 5.74) is 0.650. The molecule has 1 aromatic carbocycles. The molecule has 116 valence electrons.